The Morgan fingerprint density at radius 1 is 1.64 bits per heavy atom. The van der Waals surface area contributed by atoms with Crippen molar-refractivity contribution < 1.29 is 0 Å². The van der Waals surface area contributed by atoms with Crippen molar-refractivity contribution >= 4 is 17.4 Å². The predicted octanol–water partition coefficient (Wildman–Crippen LogP) is 1.55. The first kappa shape index (κ1) is 7.46. The largest absolute Gasteiger partial charge is 0.360 e. The Balaban J connectivity index is 3.28. The zero-order chi connectivity index (χ0) is 8.27. The molecule has 0 aliphatic rings. The highest BCUT2D eigenvalue weighted by Crippen LogP contribution is 2.11. The molecule has 0 N–H and O–H groups in total. The summed E-state index contributed by atoms with van der Waals surface area (Å²) in [5, 5.41) is 8.31. The number of rotatable bonds is 0. The second kappa shape index (κ2) is 2.96. The third kappa shape index (κ3) is 1.64. The average molecular weight is 165 g/mol. The first-order valence-corrected chi connectivity index (χ1v) is 2.96. The van der Waals surface area contributed by atoms with E-state index < -0.39 is 0 Å². The van der Waals surface area contributed by atoms with Crippen molar-refractivity contribution in [3.8, 4) is 6.07 Å². The summed E-state index contributed by atoms with van der Waals surface area (Å²) in [6.07, 6.45) is 0. The van der Waals surface area contributed by atoms with Crippen molar-refractivity contribution in [1.82, 2.24) is 9.97 Å². The molecular weight excluding hydrogens is 164 g/mol. The summed E-state index contributed by atoms with van der Waals surface area (Å²) >= 11 is 5.39. The van der Waals surface area contributed by atoms with Gasteiger partial charge in [0.25, 0.3) is 5.82 Å². The average Bonchev–Trinajstić information content (AvgIpc) is 2.03. The number of nitrogens with zero attached hydrogens (tertiary/aromatic N) is 4. The first-order valence-electron chi connectivity index (χ1n) is 2.58. The van der Waals surface area contributed by atoms with Crippen LogP contribution in [-0.4, -0.2) is 9.97 Å². The minimum Gasteiger partial charge on any atom is -0.360 e. The Bertz CT molecular complexity index is 328. The van der Waals surface area contributed by atoms with Crippen LogP contribution in [0.15, 0.2) is 6.07 Å². The van der Waals surface area contributed by atoms with Crippen molar-refractivity contribution in [2.45, 2.75) is 0 Å². The molecule has 1 rings (SSSR count). The van der Waals surface area contributed by atoms with E-state index in [9.17, 15) is 0 Å². The quantitative estimate of drug-likeness (QED) is 0.432. The third-order valence-corrected chi connectivity index (χ3v) is 1.08. The third-order valence-electron chi connectivity index (χ3n) is 0.914. The highest BCUT2D eigenvalue weighted by molar-refractivity contribution is 6.28. The molecule has 52 valence electrons. The lowest BCUT2D eigenvalue weighted by Crippen LogP contribution is -1.85. The Labute approximate surface area is 67.9 Å². The molecule has 1 aromatic rings. The van der Waals surface area contributed by atoms with E-state index in [0.29, 0.717) is 0 Å². The Morgan fingerprint density at radius 3 is 2.91 bits per heavy atom. The summed E-state index contributed by atoms with van der Waals surface area (Å²) < 4.78 is 0. The molecule has 1 heterocycles. The molecule has 0 amide bonds. The van der Waals surface area contributed by atoms with E-state index in [0.717, 1.165) is 0 Å². The van der Waals surface area contributed by atoms with Crippen molar-refractivity contribution in [2.75, 3.05) is 0 Å². The summed E-state index contributed by atoms with van der Waals surface area (Å²) in [4.78, 5) is 10.1. The monoisotopic (exact) mass is 164 g/mol. The van der Waals surface area contributed by atoms with Gasteiger partial charge < -0.3 is 4.85 Å². The Hall–Kier alpha value is -1.65. The minimum absolute atomic E-state index is 0.0740. The summed E-state index contributed by atoms with van der Waals surface area (Å²) in [7, 11) is 0. The van der Waals surface area contributed by atoms with E-state index in [1.807, 2.05) is 0 Å². The van der Waals surface area contributed by atoms with Gasteiger partial charge in [0, 0.05) is 6.07 Å². The van der Waals surface area contributed by atoms with E-state index in [4.69, 9.17) is 23.4 Å². The van der Waals surface area contributed by atoms with Gasteiger partial charge in [-0.3, -0.25) is 0 Å². The zero-order valence-electron chi connectivity index (χ0n) is 5.24. The Kier molecular flexibility index (Phi) is 2.00. The SMILES string of the molecule is [C-]#[N+]c1cc(C#N)nc(Cl)n1. The lowest BCUT2D eigenvalue weighted by atomic mass is 10.4. The van der Waals surface area contributed by atoms with Gasteiger partial charge in [-0.05, 0) is 11.6 Å². The molecular formula is C6HClN4. The molecule has 0 atom stereocenters. The minimum atomic E-state index is -0.0740. The standard InChI is InChI=1S/C6HClN4/c1-9-5-2-4(3-8)10-6(7)11-5/h2H. The number of aromatic nitrogens is 2. The van der Waals surface area contributed by atoms with Crippen molar-refractivity contribution in [3.05, 3.63) is 28.5 Å². The highest BCUT2D eigenvalue weighted by atomic mass is 35.5. The molecule has 0 aliphatic carbocycles. The topological polar surface area (TPSA) is 53.9 Å². The molecule has 1 aromatic heterocycles. The maximum Gasteiger partial charge on any atom is 0.318 e. The summed E-state index contributed by atoms with van der Waals surface area (Å²) in [6, 6.07) is 3.04. The number of nitriles is 1. The van der Waals surface area contributed by atoms with E-state index >= 15 is 0 Å². The molecule has 5 heteroatoms. The molecule has 0 aromatic carbocycles. The van der Waals surface area contributed by atoms with Crippen LogP contribution in [0.5, 0.6) is 0 Å². The van der Waals surface area contributed by atoms with Gasteiger partial charge in [-0.25, -0.2) is 0 Å². The molecule has 0 spiro atoms. The van der Waals surface area contributed by atoms with Crippen molar-refractivity contribution in [2.24, 2.45) is 0 Å². The molecule has 11 heavy (non-hydrogen) atoms. The fraction of sp³-hybridized carbons (Fsp3) is 0. The lowest BCUT2D eigenvalue weighted by Gasteiger charge is -1.87. The van der Waals surface area contributed by atoms with Crippen LogP contribution in [0.1, 0.15) is 5.69 Å². The predicted molar refractivity (Wildman–Crippen MR) is 38.0 cm³/mol. The zero-order valence-corrected chi connectivity index (χ0v) is 6.00. The van der Waals surface area contributed by atoms with E-state index in [2.05, 4.69) is 14.8 Å². The second-order valence-electron chi connectivity index (χ2n) is 1.60. The van der Waals surface area contributed by atoms with E-state index in [1.165, 1.54) is 6.07 Å². The molecule has 0 unspecified atom stereocenters. The molecule has 0 bridgehead atoms. The smallest absolute Gasteiger partial charge is 0.318 e. The molecule has 0 saturated carbocycles. The summed E-state index contributed by atoms with van der Waals surface area (Å²) in [6.45, 7) is 6.58. The molecule has 0 aliphatic heterocycles. The van der Waals surface area contributed by atoms with Gasteiger partial charge in [-0.15, -0.1) is 0 Å². The van der Waals surface area contributed by atoms with Gasteiger partial charge in [-0.2, -0.15) is 10.2 Å². The van der Waals surface area contributed by atoms with Crippen LogP contribution in [0.3, 0.4) is 0 Å². The maximum atomic E-state index is 8.38. The van der Waals surface area contributed by atoms with Crippen LogP contribution in [0.4, 0.5) is 5.82 Å². The number of halogens is 1. The highest BCUT2D eigenvalue weighted by Gasteiger charge is 2.02. The molecule has 4 nitrogen and oxygen atoms in total. The second-order valence-corrected chi connectivity index (χ2v) is 1.94. The van der Waals surface area contributed by atoms with Gasteiger partial charge in [0.1, 0.15) is 11.8 Å². The normalized spacial score (nSPS) is 8.27. The van der Waals surface area contributed by atoms with Crippen LogP contribution in [0, 0.1) is 17.9 Å². The van der Waals surface area contributed by atoms with Crippen LogP contribution < -0.4 is 0 Å². The van der Waals surface area contributed by atoms with Gasteiger partial charge >= 0.3 is 5.28 Å². The van der Waals surface area contributed by atoms with Gasteiger partial charge in [0.15, 0.2) is 0 Å². The molecule has 0 radical (unpaired) electrons. The van der Waals surface area contributed by atoms with E-state index in [1.54, 1.807) is 6.07 Å². The number of hydrogen-bond acceptors (Lipinski definition) is 3. The van der Waals surface area contributed by atoms with Crippen LogP contribution >= 0.6 is 11.6 Å². The lowest BCUT2D eigenvalue weighted by molar-refractivity contribution is 1.15. The van der Waals surface area contributed by atoms with Gasteiger partial charge in [0.05, 0.1) is 0 Å². The first-order chi connectivity index (χ1) is 5.26. The fourth-order valence-corrected chi connectivity index (χ4v) is 0.698. The van der Waals surface area contributed by atoms with Crippen molar-refractivity contribution in [1.29, 1.82) is 5.26 Å². The molecule has 0 saturated heterocycles. The van der Waals surface area contributed by atoms with Gasteiger partial charge in [-0.1, -0.05) is 11.6 Å². The van der Waals surface area contributed by atoms with Crippen molar-refractivity contribution in [3.63, 3.8) is 0 Å². The van der Waals surface area contributed by atoms with Crippen LogP contribution in [0.2, 0.25) is 5.28 Å². The maximum absolute atomic E-state index is 8.38. The number of hydrogen-bond donors (Lipinski definition) is 0. The van der Waals surface area contributed by atoms with E-state index in [-0.39, 0.29) is 16.8 Å². The summed E-state index contributed by atoms with van der Waals surface area (Å²) in [5.41, 5.74) is 0.107. The Morgan fingerprint density at radius 2 is 2.36 bits per heavy atom. The summed E-state index contributed by atoms with van der Waals surface area (Å²) in [5.74, 6) is 0.0848. The fourth-order valence-electron chi connectivity index (χ4n) is 0.520. The van der Waals surface area contributed by atoms with Crippen LogP contribution in [0.25, 0.3) is 4.85 Å². The molecule has 0 fully saturated rings. The van der Waals surface area contributed by atoms with Crippen LogP contribution in [-0.2, 0) is 0 Å². The van der Waals surface area contributed by atoms with Gasteiger partial charge in [0.2, 0.25) is 0 Å².